The van der Waals surface area contributed by atoms with Crippen molar-refractivity contribution in [2.45, 2.75) is 97.9 Å². The minimum atomic E-state index is 0.401. The molecule has 0 aromatic carbocycles. The van der Waals surface area contributed by atoms with Crippen molar-refractivity contribution in [3.63, 3.8) is 0 Å². The zero-order valence-corrected chi connectivity index (χ0v) is 13.7. The summed E-state index contributed by atoms with van der Waals surface area (Å²) in [6, 6.07) is 0. The predicted molar refractivity (Wildman–Crippen MR) is 84.2 cm³/mol. The highest BCUT2D eigenvalue weighted by Gasteiger charge is 2.24. The van der Waals surface area contributed by atoms with Crippen molar-refractivity contribution in [2.24, 2.45) is 0 Å². The van der Waals surface area contributed by atoms with Gasteiger partial charge in [0.1, 0.15) is 0 Å². The first-order valence-corrected chi connectivity index (χ1v) is 8.33. The summed E-state index contributed by atoms with van der Waals surface area (Å²) in [5, 5.41) is 0. The lowest BCUT2D eigenvalue weighted by atomic mass is 9.93. The summed E-state index contributed by atoms with van der Waals surface area (Å²) in [5.41, 5.74) is 0.401. The maximum atomic E-state index is 2.74. The molecule has 0 rings (SSSR count). The molecule has 0 unspecified atom stereocenters. The van der Waals surface area contributed by atoms with Crippen molar-refractivity contribution < 1.29 is 0 Å². The Balaban J connectivity index is 4.14. The third kappa shape index (κ3) is 8.13. The SMILES string of the molecule is CCCCCCC(C)(C)N(CCCC)CCCC. The lowest BCUT2D eigenvalue weighted by Crippen LogP contribution is -2.45. The van der Waals surface area contributed by atoms with E-state index in [1.807, 2.05) is 0 Å². The Bertz CT molecular complexity index is 166. The molecule has 0 saturated carbocycles. The number of hydrogen-bond acceptors (Lipinski definition) is 1. The highest BCUT2D eigenvalue weighted by molar-refractivity contribution is 4.81. The maximum absolute atomic E-state index is 2.74. The molecule has 110 valence electrons. The number of rotatable bonds is 12. The quantitative estimate of drug-likeness (QED) is 0.408. The predicted octanol–water partition coefficient (Wildman–Crippen LogP) is 5.64. The van der Waals surface area contributed by atoms with Crippen LogP contribution in [0.4, 0.5) is 0 Å². The third-order valence-corrected chi connectivity index (χ3v) is 4.06. The van der Waals surface area contributed by atoms with Crippen LogP contribution in [-0.2, 0) is 0 Å². The van der Waals surface area contributed by atoms with Crippen molar-refractivity contribution in [3.05, 3.63) is 0 Å². The van der Waals surface area contributed by atoms with E-state index in [1.165, 1.54) is 70.9 Å². The molecule has 0 aliphatic heterocycles. The molecule has 0 aliphatic carbocycles. The second-order valence-corrected chi connectivity index (χ2v) is 6.32. The van der Waals surface area contributed by atoms with Crippen LogP contribution in [0.1, 0.15) is 92.4 Å². The first-order valence-electron chi connectivity index (χ1n) is 8.33. The molecule has 0 amide bonds. The van der Waals surface area contributed by atoms with Gasteiger partial charge in [-0.2, -0.15) is 0 Å². The van der Waals surface area contributed by atoms with Crippen LogP contribution in [0.3, 0.4) is 0 Å². The minimum absolute atomic E-state index is 0.401. The lowest BCUT2D eigenvalue weighted by molar-refractivity contribution is 0.104. The average molecular weight is 255 g/mol. The monoisotopic (exact) mass is 255 g/mol. The van der Waals surface area contributed by atoms with Gasteiger partial charge in [0.05, 0.1) is 0 Å². The van der Waals surface area contributed by atoms with Gasteiger partial charge in [-0.3, -0.25) is 4.90 Å². The molecule has 0 atom stereocenters. The standard InChI is InChI=1S/C17H37N/c1-6-9-12-13-14-17(4,5)18(15-10-7-2)16-11-8-3/h6-16H2,1-5H3. The second kappa shape index (κ2) is 10.8. The van der Waals surface area contributed by atoms with Gasteiger partial charge in [-0.1, -0.05) is 59.3 Å². The molecule has 0 spiro atoms. The molecule has 0 aromatic rings. The Hall–Kier alpha value is -0.0400. The zero-order chi connectivity index (χ0) is 13.9. The topological polar surface area (TPSA) is 3.24 Å². The molecule has 0 heterocycles. The lowest BCUT2D eigenvalue weighted by Gasteiger charge is -2.39. The first-order chi connectivity index (χ1) is 8.58. The van der Waals surface area contributed by atoms with E-state index in [4.69, 9.17) is 0 Å². The molecule has 0 aromatic heterocycles. The van der Waals surface area contributed by atoms with E-state index in [0.717, 1.165) is 0 Å². The van der Waals surface area contributed by atoms with E-state index in [2.05, 4.69) is 39.5 Å². The van der Waals surface area contributed by atoms with E-state index in [1.54, 1.807) is 0 Å². The molecule has 0 bridgehead atoms. The third-order valence-electron chi connectivity index (χ3n) is 4.06. The Kier molecular flexibility index (Phi) is 10.8. The van der Waals surface area contributed by atoms with Crippen LogP contribution < -0.4 is 0 Å². The molecule has 0 N–H and O–H groups in total. The molecule has 0 aliphatic rings. The van der Waals surface area contributed by atoms with Gasteiger partial charge in [-0.25, -0.2) is 0 Å². The summed E-state index contributed by atoms with van der Waals surface area (Å²) in [6.45, 7) is 14.4. The largest absolute Gasteiger partial charge is 0.298 e. The summed E-state index contributed by atoms with van der Waals surface area (Å²) in [4.78, 5) is 2.74. The van der Waals surface area contributed by atoms with Gasteiger partial charge in [0, 0.05) is 5.54 Å². The highest BCUT2D eigenvalue weighted by atomic mass is 15.2. The molecule has 1 nitrogen and oxygen atoms in total. The molecule has 0 radical (unpaired) electrons. The molecule has 0 saturated heterocycles. The van der Waals surface area contributed by atoms with Crippen LogP contribution in [0.15, 0.2) is 0 Å². The normalized spacial score (nSPS) is 12.3. The highest BCUT2D eigenvalue weighted by Crippen LogP contribution is 2.23. The molecular weight excluding hydrogens is 218 g/mol. The second-order valence-electron chi connectivity index (χ2n) is 6.32. The smallest absolute Gasteiger partial charge is 0.0153 e. The van der Waals surface area contributed by atoms with Gasteiger partial charge in [0.25, 0.3) is 0 Å². The van der Waals surface area contributed by atoms with Crippen molar-refractivity contribution in [2.75, 3.05) is 13.1 Å². The van der Waals surface area contributed by atoms with Crippen LogP contribution in [-0.4, -0.2) is 23.5 Å². The van der Waals surface area contributed by atoms with E-state index < -0.39 is 0 Å². The van der Waals surface area contributed by atoms with Gasteiger partial charge in [-0.05, 0) is 46.2 Å². The van der Waals surface area contributed by atoms with Crippen LogP contribution in [0.2, 0.25) is 0 Å². The Morgan fingerprint density at radius 3 is 1.61 bits per heavy atom. The van der Waals surface area contributed by atoms with Crippen LogP contribution in [0, 0.1) is 0 Å². The van der Waals surface area contributed by atoms with Crippen LogP contribution in [0.5, 0.6) is 0 Å². The summed E-state index contributed by atoms with van der Waals surface area (Å²) < 4.78 is 0. The summed E-state index contributed by atoms with van der Waals surface area (Å²) in [6.07, 6.45) is 12.2. The average Bonchev–Trinajstić information content (AvgIpc) is 2.34. The van der Waals surface area contributed by atoms with Gasteiger partial charge in [0.2, 0.25) is 0 Å². The van der Waals surface area contributed by atoms with E-state index >= 15 is 0 Å². The molecule has 0 fully saturated rings. The fourth-order valence-electron chi connectivity index (χ4n) is 2.56. The van der Waals surface area contributed by atoms with Crippen molar-refractivity contribution >= 4 is 0 Å². The van der Waals surface area contributed by atoms with Crippen molar-refractivity contribution in [1.82, 2.24) is 4.90 Å². The molecule has 1 heteroatoms. The summed E-state index contributed by atoms with van der Waals surface area (Å²) in [5.74, 6) is 0. The zero-order valence-electron chi connectivity index (χ0n) is 13.7. The van der Waals surface area contributed by atoms with E-state index in [0.29, 0.717) is 5.54 Å². The van der Waals surface area contributed by atoms with Crippen LogP contribution >= 0.6 is 0 Å². The van der Waals surface area contributed by atoms with E-state index in [9.17, 15) is 0 Å². The Morgan fingerprint density at radius 2 is 1.17 bits per heavy atom. The Labute approximate surface area is 116 Å². The number of nitrogens with zero attached hydrogens (tertiary/aromatic N) is 1. The van der Waals surface area contributed by atoms with Crippen LogP contribution in [0.25, 0.3) is 0 Å². The van der Waals surface area contributed by atoms with Gasteiger partial charge in [-0.15, -0.1) is 0 Å². The molecule has 18 heavy (non-hydrogen) atoms. The van der Waals surface area contributed by atoms with Crippen molar-refractivity contribution in [3.8, 4) is 0 Å². The first kappa shape index (κ1) is 18.0. The van der Waals surface area contributed by atoms with Crippen molar-refractivity contribution in [1.29, 1.82) is 0 Å². The van der Waals surface area contributed by atoms with Gasteiger partial charge >= 0.3 is 0 Å². The summed E-state index contributed by atoms with van der Waals surface area (Å²) in [7, 11) is 0. The number of hydrogen-bond donors (Lipinski definition) is 0. The summed E-state index contributed by atoms with van der Waals surface area (Å²) >= 11 is 0. The number of unbranched alkanes of at least 4 members (excludes halogenated alkanes) is 5. The maximum Gasteiger partial charge on any atom is 0.0153 e. The molecular formula is C17H37N. The Morgan fingerprint density at radius 1 is 0.667 bits per heavy atom. The fourth-order valence-corrected chi connectivity index (χ4v) is 2.56. The van der Waals surface area contributed by atoms with Gasteiger partial charge in [0.15, 0.2) is 0 Å². The minimum Gasteiger partial charge on any atom is -0.298 e. The fraction of sp³-hybridized carbons (Fsp3) is 1.00. The van der Waals surface area contributed by atoms with E-state index in [-0.39, 0.29) is 0 Å². The van der Waals surface area contributed by atoms with Gasteiger partial charge < -0.3 is 0 Å².